The molecule has 5 nitrogen and oxygen atoms in total. The largest absolute Gasteiger partial charge is 0.449 e. The molecule has 0 saturated carbocycles. The van der Waals surface area contributed by atoms with Gasteiger partial charge in [-0.15, -0.1) is 0 Å². The Balaban J connectivity index is 2.02. The lowest BCUT2D eigenvalue weighted by Crippen LogP contribution is -2.18. The maximum atomic E-state index is 11.6. The molecular formula is C11H17NO4S. The second kappa shape index (κ2) is 4.78. The molecule has 1 aromatic heterocycles. The number of nitrogens with zero attached hydrogens (tertiary/aromatic N) is 1. The molecule has 0 bridgehead atoms. The van der Waals surface area contributed by atoms with Crippen molar-refractivity contribution in [3.8, 4) is 0 Å². The van der Waals surface area contributed by atoms with Gasteiger partial charge in [-0.3, -0.25) is 0 Å². The van der Waals surface area contributed by atoms with E-state index in [0.29, 0.717) is 30.8 Å². The lowest BCUT2D eigenvalue weighted by molar-refractivity contribution is 0.194. The van der Waals surface area contributed by atoms with E-state index in [0.717, 1.165) is 6.42 Å². The fourth-order valence-corrected chi connectivity index (χ4v) is 3.95. The van der Waals surface area contributed by atoms with Gasteiger partial charge in [-0.2, -0.15) is 0 Å². The predicted molar refractivity (Wildman–Crippen MR) is 62.4 cm³/mol. The molecule has 1 aliphatic rings. The van der Waals surface area contributed by atoms with Crippen LogP contribution >= 0.6 is 0 Å². The number of sulfone groups is 1. The molecule has 1 fully saturated rings. The maximum Gasteiger partial charge on any atom is 0.195 e. The van der Waals surface area contributed by atoms with E-state index in [2.05, 4.69) is 4.98 Å². The van der Waals surface area contributed by atoms with E-state index in [1.54, 1.807) is 6.92 Å². The molecule has 0 radical (unpaired) electrons. The number of rotatable bonds is 4. The zero-order valence-corrected chi connectivity index (χ0v) is 10.6. The quantitative estimate of drug-likeness (QED) is 0.861. The van der Waals surface area contributed by atoms with Gasteiger partial charge in [0.15, 0.2) is 15.7 Å². The van der Waals surface area contributed by atoms with Gasteiger partial charge >= 0.3 is 0 Å². The molecule has 0 aromatic carbocycles. The highest BCUT2D eigenvalue weighted by Gasteiger charge is 2.32. The first-order chi connectivity index (χ1) is 7.97. The molecule has 2 heterocycles. The Morgan fingerprint density at radius 2 is 2.41 bits per heavy atom. The van der Waals surface area contributed by atoms with Crippen LogP contribution in [-0.4, -0.2) is 35.6 Å². The van der Waals surface area contributed by atoms with Gasteiger partial charge in [0, 0.05) is 12.8 Å². The molecule has 2 atom stereocenters. The fourth-order valence-electron chi connectivity index (χ4n) is 2.12. The summed E-state index contributed by atoms with van der Waals surface area (Å²) >= 11 is 0. The molecule has 1 aliphatic heterocycles. The number of oxazole rings is 1. The Morgan fingerprint density at radius 3 is 3.00 bits per heavy atom. The Labute approximate surface area is 101 Å². The monoisotopic (exact) mass is 259 g/mol. The molecule has 0 amide bonds. The summed E-state index contributed by atoms with van der Waals surface area (Å²) in [7, 11) is -2.95. The third kappa shape index (κ3) is 3.07. The van der Waals surface area contributed by atoms with Crippen molar-refractivity contribution in [1.82, 2.24) is 4.98 Å². The van der Waals surface area contributed by atoms with Crippen molar-refractivity contribution >= 4 is 9.84 Å². The van der Waals surface area contributed by atoms with E-state index < -0.39 is 15.9 Å². The van der Waals surface area contributed by atoms with Gasteiger partial charge in [0.25, 0.3) is 0 Å². The van der Waals surface area contributed by atoms with Crippen molar-refractivity contribution in [3.05, 3.63) is 17.8 Å². The van der Waals surface area contributed by atoms with Crippen LogP contribution in [0.2, 0.25) is 0 Å². The highest BCUT2D eigenvalue weighted by atomic mass is 32.2. The van der Waals surface area contributed by atoms with Crippen LogP contribution in [0.1, 0.15) is 31.4 Å². The second-order valence-electron chi connectivity index (χ2n) is 4.62. The third-order valence-electron chi connectivity index (χ3n) is 2.97. The molecule has 1 aromatic rings. The summed E-state index contributed by atoms with van der Waals surface area (Å²) in [6.07, 6.45) is 3.22. The molecule has 17 heavy (non-hydrogen) atoms. The van der Waals surface area contributed by atoms with Crippen molar-refractivity contribution in [1.29, 1.82) is 0 Å². The molecule has 2 rings (SSSR count). The SMILES string of the molecule is CC(O)Cc1coc(CC2CCCS2(=O)=O)n1. The summed E-state index contributed by atoms with van der Waals surface area (Å²) < 4.78 is 28.5. The predicted octanol–water partition coefficient (Wildman–Crippen LogP) is 0.718. The summed E-state index contributed by atoms with van der Waals surface area (Å²) in [6, 6.07) is 0. The normalized spacial score (nSPS) is 24.9. The van der Waals surface area contributed by atoms with Gasteiger partial charge in [-0.1, -0.05) is 0 Å². The number of aliphatic hydroxyl groups excluding tert-OH is 1. The minimum absolute atomic E-state index is 0.277. The van der Waals surface area contributed by atoms with Crippen LogP contribution in [0.25, 0.3) is 0 Å². The Bertz CT molecular complexity index is 477. The van der Waals surface area contributed by atoms with Crippen LogP contribution in [0, 0.1) is 0 Å². The number of hydrogen-bond acceptors (Lipinski definition) is 5. The van der Waals surface area contributed by atoms with Gasteiger partial charge in [0.05, 0.1) is 22.8 Å². The topological polar surface area (TPSA) is 80.4 Å². The minimum Gasteiger partial charge on any atom is -0.449 e. The molecule has 0 aliphatic carbocycles. The lowest BCUT2D eigenvalue weighted by Gasteiger charge is -2.05. The van der Waals surface area contributed by atoms with Gasteiger partial charge in [0.2, 0.25) is 0 Å². The van der Waals surface area contributed by atoms with Crippen LogP contribution in [-0.2, 0) is 22.7 Å². The average Bonchev–Trinajstić information content (AvgIpc) is 2.75. The van der Waals surface area contributed by atoms with E-state index in [9.17, 15) is 13.5 Å². The van der Waals surface area contributed by atoms with Gasteiger partial charge in [0.1, 0.15) is 6.26 Å². The van der Waals surface area contributed by atoms with E-state index in [4.69, 9.17) is 4.42 Å². The number of aliphatic hydroxyl groups is 1. The zero-order chi connectivity index (χ0) is 12.5. The Kier molecular flexibility index (Phi) is 3.53. The molecule has 1 N–H and O–H groups in total. The van der Waals surface area contributed by atoms with Crippen LogP contribution < -0.4 is 0 Å². The smallest absolute Gasteiger partial charge is 0.195 e. The number of hydrogen-bond donors (Lipinski definition) is 1. The van der Waals surface area contributed by atoms with Crippen molar-refractivity contribution in [2.75, 3.05) is 5.75 Å². The van der Waals surface area contributed by atoms with E-state index in [1.165, 1.54) is 6.26 Å². The molecule has 1 saturated heterocycles. The van der Waals surface area contributed by atoms with Crippen molar-refractivity contribution in [2.45, 2.75) is 44.0 Å². The Hall–Kier alpha value is -0.880. The minimum atomic E-state index is -2.95. The van der Waals surface area contributed by atoms with Gasteiger partial charge in [-0.25, -0.2) is 13.4 Å². The fraction of sp³-hybridized carbons (Fsp3) is 0.727. The summed E-state index contributed by atoms with van der Waals surface area (Å²) in [5.41, 5.74) is 0.672. The zero-order valence-electron chi connectivity index (χ0n) is 9.80. The Morgan fingerprint density at radius 1 is 1.65 bits per heavy atom. The summed E-state index contributed by atoms with van der Waals surface area (Å²) in [4.78, 5) is 4.19. The van der Waals surface area contributed by atoms with Crippen molar-refractivity contribution in [2.24, 2.45) is 0 Å². The summed E-state index contributed by atoms with van der Waals surface area (Å²) in [6.45, 7) is 1.68. The molecular weight excluding hydrogens is 242 g/mol. The van der Waals surface area contributed by atoms with Crippen LogP contribution in [0.3, 0.4) is 0 Å². The van der Waals surface area contributed by atoms with Gasteiger partial charge in [-0.05, 0) is 19.8 Å². The van der Waals surface area contributed by atoms with E-state index in [1.807, 2.05) is 0 Å². The first-order valence-electron chi connectivity index (χ1n) is 5.80. The molecule has 96 valence electrons. The lowest BCUT2D eigenvalue weighted by atomic mass is 10.2. The second-order valence-corrected chi connectivity index (χ2v) is 7.02. The van der Waals surface area contributed by atoms with Crippen LogP contribution in [0.15, 0.2) is 10.7 Å². The van der Waals surface area contributed by atoms with E-state index >= 15 is 0 Å². The van der Waals surface area contributed by atoms with Gasteiger partial charge < -0.3 is 9.52 Å². The third-order valence-corrected chi connectivity index (χ3v) is 5.24. The highest BCUT2D eigenvalue weighted by molar-refractivity contribution is 7.92. The average molecular weight is 259 g/mol. The maximum absolute atomic E-state index is 11.6. The first kappa shape index (κ1) is 12.6. The standard InChI is InChI=1S/C11H17NO4S/c1-8(13)5-9-7-16-11(12-9)6-10-3-2-4-17(10,14)15/h7-8,10,13H,2-6H2,1H3. The van der Waals surface area contributed by atoms with Crippen molar-refractivity contribution in [3.63, 3.8) is 0 Å². The first-order valence-corrected chi connectivity index (χ1v) is 7.52. The van der Waals surface area contributed by atoms with Crippen molar-refractivity contribution < 1.29 is 17.9 Å². The summed E-state index contributed by atoms with van der Waals surface area (Å²) in [5.74, 6) is 0.731. The highest BCUT2D eigenvalue weighted by Crippen LogP contribution is 2.23. The van der Waals surface area contributed by atoms with E-state index in [-0.39, 0.29) is 11.0 Å². The summed E-state index contributed by atoms with van der Waals surface area (Å²) in [5, 5.41) is 8.86. The van der Waals surface area contributed by atoms with Crippen LogP contribution in [0.4, 0.5) is 0 Å². The molecule has 6 heteroatoms. The van der Waals surface area contributed by atoms with Crippen LogP contribution in [0.5, 0.6) is 0 Å². The molecule has 0 spiro atoms. The number of aromatic nitrogens is 1. The molecule has 2 unspecified atom stereocenters.